The van der Waals surface area contributed by atoms with E-state index in [1.807, 2.05) is 0 Å². The molecular formula is C13H25NO2. The normalized spacial score (nSPS) is 26.7. The van der Waals surface area contributed by atoms with E-state index < -0.39 is 0 Å². The lowest BCUT2D eigenvalue weighted by molar-refractivity contribution is -0.146. The molecule has 1 heterocycles. The van der Waals surface area contributed by atoms with Gasteiger partial charge in [0.25, 0.3) is 0 Å². The summed E-state index contributed by atoms with van der Waals surface area (Å²) in [7, 11) is 0. The van der Waals surface area contributed by atoms with Gasteiger partial charge in [-0.05, 0) is 33.1 Å². The van der Waals surface area contributed by atoms with E-state index in [0.29, 0.717) is 25.2 Å². The number of unbranched alkanes of at least 4 members (excludes halogenated alkanes) is 1. The molecule has 0 saturated carbocycles. The molecular weight excluding hydrogens is 202 g/mol. The Balaban J connectivity index is 2.30. The highest BCUT2D eigenvalue weighted by Gasteiger charge is 2.26. The van der Waals surface area contributed by atoms with Crippen LogP contribution < -0.4 is 0 Å². The van der Waals surface area contributed by atoms with Crippen molar-refractivity contribution in [3.05, 3.63) is 0 Å². The first-order valence-corrected chi connectivity index (χ1v) is 6.56. The zero-order valence-electron chi connectivity index (χ0n) is 10.9. The SMILES string of the molecule is CCCCOC(=O)CN1C(C)CCCC1C. The van der Waals surface area contributed by atoms with Gasteiger partial charge in [0.2, 0.25) is 0 Å². The molecule has 94 valence electrons. The Labute approximate surface area is 99.1 Å². The fourth-order valence-corrected chi connectivity index (χ4v) is 2.31. The molecule has 3 nitrogen and oxygen atoms in total. The summed E-state index contributed by atoms with van der Waals surface area (Å²) in [4.78, 5) is 13.9. The molecule has 0 amide bonds. The van der Waals surface area contributed by atoms with Crippen LogP contribution in [0, 0.1) is 0 Å². The zero-order valence-corrected chi connectivity index (χ0v) is 10.9. The molecule has 3 heteroatoms. The quantitative estimate of drug-likeness (QED) is 0.534. The molecule has 0 aromatic heterocycles. The number of esters is 1. The topological polar surface area (TPSA) is 29.5 Å². The van der Waals surface area contributed by atoms with Crippen molar-refractivity contribution in [2.45, 2.75) is 65.0 Å². The lowest BCUT2D eigenvalue weighted by Gasteiger charge is -2.38. The third-order valence-corrected chi connectivity index (χ3v) is 3.45. The van der Waals surface area contributed by atoms with Crippen LogP contribution in [0.25, 0.3) is 0 Å². The lowest BCUT2D eigenvalue weighted by atomic mass is 9.98. The third kappa shape index (κ3) is 4.12. The van der Waals surface area contributed by atoms with Crippen molar-refractivity contribution in [2.24, 2.45) is 0 Å². The van der Waals surface area contributed by atoms with Crippen LogP contribution in [0.4, 0.5) is 0 Å². The molecule has 2 atom stereocenters. The zero-order chi connectivity index (χ0) is 12.0. The first kappa shape index (κ1) is 13.5. The molecule has 1 saturated heterocycles. The van der Waals surface area contributed by atoms with Gasteiger partial charge < -0.3 is 4.74 Å². The van der Waals surface area contributed by atoms with Gasteiger partial charge in [-0.1, -0.05) is 19.8 Å². The first-order chi connectivity index (χ1) is 7.65. The molecule has 1 aliphatic rings. The smallest absolute Gasteiger partial charge is 0.320 e. The second-order valence-electron chi connectivity index (χ2n) is 4.88. The van der Waals surface area contributed by atoms with Crippen LogP contribution in [-0.2, 0) is 9.53 Å². The molecule has 0 aromatic carbocycles. The van der Waals surface area contributed by atoms with Crippen LogP contribution in [-0.4, -0.2) is 36.1 Å². The van der Waals surface area contributed by atoms with Crippen molar-refractivity contribution >= 4 is 5.97 Å². The summed E-state index contributed by atoms with van der Waals surface area (Å²) < 4.78 is 5.20. The van der Waals surface area contributed by atoms with Gasteiger partial charge in [-0.2, -0.15) is 0 Å². The summed E-state index contributed by atoms with van der Waals surface area (Å²) in [6.45, 7) is 7.55. The number of likely N-dealkylation sites (tertiary alicyclic amines) is 1. The van der Waals surface area contributed by atoms with Gasteiger partial charge in [0, 0.05) is 12.1 Å². The van der Waals surface area contributed by atoms with Crippen molar-refractivity contribution in [3.63, 3.8) is 0 Å². The van der Waals surface area contributed by atoms with E-state index in [0.717, 1.165) is 12.8 Å². The number of nitrogens with zero attached hydrogens (tertiary/aromatic N) is 1. The number of carbonyl (C=O) groups is 1. The highest BCUT2D eigenvalue weighted by molar-refractivity contribution is 5.71. The van der Waals surface area contributed by atoms with Crippen LogP contribution in [0.2, 0.25) is 0 Å². The highest BCUT2D eigenvalue weighted by Crippen LogP contribution is 2.21. The van der Waals surface area contributed by atoms with E-state index in [4.69, 9.17) is 4.74 Å². The second-order valence-corrected chi connectivity index (χ2v) is 4.88. The minimum absolute atomic E-state index is 0.0611. The summed E-state index contributed by atoms with van der Waals surface area (Å²) in [5.74, 6) is -0.0611. The van der Waals surface area contributed by atoms with Gasteiger partial charge in [0.1, 0.15) is 0 Å². The van der Waals surface area contributed by atoms with Crippen LogP contribution in [0.5, 0.6) is 0 Å². The lowest BCUT2D eigenvalue weighted by Crippen LogP contribution is -2.46. The van der Waals surface area contributed by atoms with Crippen LogP contribution in [0.15, 0.2) is 0 Å². The number of hydrogen-bond donors (Lipinski definition) is 0. The van der Waals surface area contributed by atoms with Crippen LogP contribution >= 0.6 is 0 Å². The summed E-state index contributed by atoms with van der Waals surface area (Å²) >= 11 is 0. The average Bonchev–Trinajstić information content (AvgIpc) is 2.24. The monoisotopic (exact) mass is 227 g/mol. The molecule has 0 aliphatic carbocycles. The largest absolute Gasteiger partial charge is 0.465 e. The van der Waals surface area contributed by atoms with E-state index in [1.165, 1.54) is 19.3 Å². The molecule has 0 radical (unpaired) electrons. The molecule has 1 aliphatic heterocycles. The number of rotatable bonds is 5. The van der Waals surface area contributed by atoms with Gasteiger partial charge >= 0.3 is 5.97 Å². The fraction of sp³-hybridized carbons (Fsp3) is 0.923. The van der Waals surface area contributed by atoms with Crippen molar-refractivity contribution < 1.29 is 9.53 Å². The highest BCUT2D eigenvalue weighted by atomic mass is 16.5. The minimum Gasteiger partial charge on any atom is -0.465 e. The maximum Gasteiger partial charge on any atom is 0.320 e. The van der Waals surface area contributed by atoms with Gasteiger partial charge in [-0.25, -0.2) is 0 Å². The molecule has 0 aromatic rings. The van der Waals surface area contributed by atoms with Crippen molar-refractivity contribution in [3.8, 4) is 0 Å². The maximum absolute atomic E-state index is 11.6. The van der Waals surface area contributed by atoms with E-state index >= 15 is 0 Å². The van der Waals surface area contributed by atoms with E-state index in [1.54, 1.807) is 0 Å². The fourth-order valence-electron chi connectivity index (χ4n) is 2.31. The molecule has 1 fully saturated rings. The number of carbonyl (C=O) groups excluding carboxylic acids is 1. The van der Waals surface area contributed by atoms with E-state index in [9.17, 15) is 4.79 Å². The van der Waals surface area contributed by atoms with E-state index in [-0.39, 0.29) is 5.97 Å². The Hall–Kier alpha value is -0.570. The second kappa shape index (κ2) is 6.89. The minimum atomic E-state index is -0.0611. The number of hydrogen-bond acceptors (Lipinski definition) is 3. The predicted octanol–water partition coefficient (Wildman–Crippen LogP) is 2.59. The summed E-state index contributed by atoms with van der Waals surface area (Å²) in [5.41, 5.74) is 0. The average molecular weight is 227 g/mol. The molecule has 0 N–H and O–H groups in total. The van der Waals surface area contributed by atoms with Gasteiger partial charge in [-0.15, -0.1) is 0 Å². The standard InChI is InChI=1S/C13H25NO2/c1-4-5-9-16-13(15)10-14-11(2)7-6-8-12(14)3/h11-12H,4-10H2,1-3H3. The molecule has 1 rings (SSSR count). The number of piperidine rings is 1. The Morgan fingerprint density at radius 3 is 2.50 bits per heavy atom. The Morgan fingerprint density at radius 2 is 1.94 bits per heavy atom. The first-order valence-electron chi connectivity index (χ1n) is 6.56. The Morgan fingerprint density at radius 1 is 1.31 bits per heavy atom. The number of ether oxygens (including phenoxy) is 1. The van der Waals surface area contributed by atoms with Crippen molar-refractivity contribution in [1.29, 1.82) is 0 Å². The van der Waals surface area contributed by atoms with Gasteiger partial charge in [0.05, 0.1) is 13.2 Å². The molecule has 0 bridgehead atoms. The molecule has 16 heavy (non-hydrogen) atoms. The van der Waals surface area contributed by atoms with Gasteiger partial charge in [0.15, 0.2) is 0 Å². The predicted molar refractivity (Wildman–Crippen MR) is 65.3 cm³/mol. The van der Waals surface area contributed by atoms with E-state index in [2.05, 4.69) is 25.7 Å². The maximum atomic E-state index is 11.6. The Bertz CT molecular complexity index is 208. The third-order valence-electron chi connectivity index (χ3n) is 3.45. The van der Waals surface area contributed by atoms with Crippen molar-refractivity contribution in [2.75, 3.05) is 13.2 Å². The van der Waals surface area contributed by atoms with Gasteiger partial charge in [-0.3, -0.25) is 9.69 Å². The summed E-state index contributed by atoms with van der Waals surface area (Å²) in [5, 5.41) is 0. The Kier molecular flexibility index (Phi) is 5.81. The molecule has 0 spiro atoms. The molecule has 2 unspecified atom stereocenters. The van der Waals surface area contributed by atoms with Crippen LogP contribution in [0.1, 0.15) is 52.9 Å². The summed E-state index contributed by atoms with van der Waals surface area (Å²) in [6, 6.07) is 1.03. The van der Waals surface area contributed by atoms with Crippen molar-refractivity contribution in [1.82, 2.24) is 4.90 Å². The summed E-state index contributed by atoms with van der Waals surface area (Å²) in [6.07, 6.45) is 5.73. The van der Waals surface area contributed by atoms with Crippen LogP contribution in [0.3, 0.4) is 0 Å².